The van der Waals surface area contributed by atoms with Gasteiger partial charge >= 0.3 is 0 Å². The molecule has 2 aliphatic rings. The van der Waals surface area contributed by atoms with Crippen LogP contribution in [0.4, 0.5) is 0 Å². The van der Waals surface area contributed by atoms with Crippen LogP contribution in [0.25, 0.3) is 0 Å². The first kappa shape index (κ1) is 13.3. The molecule has 0 heterocycles. The molecule has 0 unspecified atom stereocenters. The maximum atomic E-state index is 11.7. The molecule has 0 bridgehead atoms. The van der Waals surface area contributed by atoms with Gasteiger partial charge in [-0.1, -0.05) is 15.9 Å². The lowest BCUT2D eigenvalue weighted by atomic mass is 9.80. The normalized spacial score (nSPS) is 29.5. The Morgan fingerprint density at radius 2 is 2.18 bits per heavy atom. The quantitative estimate of drug-likeness (QED) is 0.734. The van der Waals surface area contributed by atoms with Gasteiger partial charge in [-0.25, -0.2) is 0 Å². The molecule has 2 aliphatic carbocycles. The van der Waals surface area contributed by atoms with E-state index in [9.17, 15) is 4.79 Å². The highest BCUT2D eigenvalue weighted by Gasteiger charge is 2.41. The van der Waals surface area contributed by atoms with Crippen molar-refractivity contribution in [2.24, 2.45) is 11.3 Å². The zero-order valence-electron chi connectivity index (χ0n) is 10.5. The molecule has 17 heavy (non-hydrogen) atoms. The highest BCUT2D eigenvalue weighted by atomic mass is 79.9. The average molecular weight is 304 g/mol. The van der Waals surface area contributed by atoms with E-state index in [1.54, 1.807) is 0 Å². The van der Waals surface area contributed by atoms with Gasteiger partial charge in [0.25, 0.3) is 0 Å². The van der Waals surface area contributed by atoms with Crippen molar-refractivity contribution in [1.82, 2.24) is 5.32 Å². The van der Waals surface area contributed by atoms with Gasteiger partial charge < -0.3 is 10.1 Å². The first-order valence-electron chi connectivity index (χ1n) is 6.62. The molecule has 3 nitrogen and oxygen atoms in total. The molecule has 1 amide bonds. The summed E-state index contributed by atoms with van der Waals surface area (Å²) in [5, 5.41) is 4.08. The number of hydrogen-bond acceptors (Lipinski definition) is 2. The van der Waals surface area contributed by atoms with Crippen molar-refractivity contribution in [3.05, 3.63) is 0 Å². The summed E-state index contributed by atoms with van der Waals surface area (Å²) in [6, 6.07) is 0. The van der Waals surface area contributed by atoms with Crippen molar-refractivity contribution in [2.45, 2.75) is 45.1 Å². The van der Waals surface area contributed by atoms with Gasteiger partial charge in [0, 0.05) is 24.9 Å². The SMILES string of the molecule is CCOC1CC(CC(=O)NCC2(CBr)CC2)C1. The smallest absolute Gasteiger partial charge is 0.220 e. The lowest BCUT2D eigenvalue weighted by molar-refractivity contribution is -0.124. The minimum Gasteiger partial charge on any atom is -0.378 e. The molecule has 4 heteroatoms. The van der Waals surface area contributed by atoms with E-state index >= 15 is 0 Å². The maximum absolute atomic E-state index is 11.7. The summed E-state index contributed by atoms with van der Waals surface area (Å²) in [6.07, 6.45) is 5.70. The number of hydrogen-bond donors (Lipinski definition) is 1. The molecule has 0 aromatic rings. The number of rotatable bonds is 7. The van der Waals surface area contributed by atoms with Crippen molar-refractivity contribution in [3.8, 4) is 0 Å². The molecule has 0 aromatic carbocycles. The lowest BCUT2D eigenvalue weighted by Crippen LogP contribution is -2.37. The van der Waals surface area contributed by atoms with Crippen LogP contribution in [0.3, 0.4) is 0 Å². The van der Waals surface area contributed by atoms with Gasteiger partial charge in [0.05, 0.1) is 6.10 Å². The van der Waals surface area contributed by atoms with Crippen molar-refractivity contribution in [3.63, 3.8) is 0 Å². The van der Waals surface area contributed by atoms with Gasteiger partial charge in [0.2, 0.25) is 5.91 Å². The molecule has 0 radical (unpaired) electrons. The highest BCUT2D eigenvalue weighted by molar-refractivity contribution is 9.09. The van der Waals surface area contributed by atoms with E-state index in [0.29, 0.717) is 23.9 Å². The Morgan fingerprint density at radius 1 is 1.47 bits per heavy atom. The van der Waals surface area contributed by atoms with E-state index in [1.807, 2.05) is 6.92 Å². The number of carbonyl (C=O) groups excluding carboxylic acids is 1. The first-order valence-corrected chi connectivity index (χ1v) is 7.74. The zero-order chi connectivity index (χ0) is 12.3. The Kier molecular flexibility index (Phi) is 4.47. The number of ether oxygens (including phenoxy) is 1. The molecule has 98 valence electrons. The van der Waals surface area contributed by atoms with Gasteiger partial charge in [-0.3, -0.25) is 4.79 Å². The summed E-state index contributed by atoms with van der Waals surface area (Å²) in [5.41, 5.74) is 0.378. The second-order valence-electron chi connectivity index (χ2n) is 5.53. The van der Waals surface area contributed by atoms with Crippen LogP contribution in [0.15, 0.2) is 0 Å². The third-order valence-electron chi connectivity index (χ3n) is 3.97. The first-order chi connectivity index (χ1) is 8.17. The van der Waals surface area contributed by atoms with Gasteiger partial charge in [-0.15, -0.1) is 0 Å². The second-order valence-corrected chi connectivity index (χ2v) is 6.09. The molecule has 2 rings (SSSR count). The summed E-state index contributed by atoms with van der Waals surface area (Å²) in [5.74, 6) is 0.767. The van der Waals surface area contributed by atoms with E-state index < -0.39 is 0 Å². The second kappa shape index (κ2) is 5.70. The van der Waals surface area contributed by atoms with Crippen molar-refractivity contribution >= 4 is 21.8 Å². The zero-order valence-corrected chi connectivity index (χ0v) is 12.1. The third-order valence-corrected chi connectivity index (χ3v) is 5.16. The molecule has 0 aliphatic heterocycles. The Balaban J connectivity index is 1.56. The van der Waals surface area contributed by atoms with Gasteiger partial charge in [-0.2, -0.15) is 0 Å². The Bertz CT molecular complexity index is 273. The third kappa shape index (κ3) is 3.68. The van der Waals surface area contributed by atoms with E-state index in [4.69, 9.17) is 4.74 Å². The maximum Gasteiger partial charge on any atom is 0.220 e. The molecular weight excluding hydrogens is 282 g/mol. The van der Waals surface area contributed by atoms with Crippen LogP contribution in [-0.2, 0) is 9.53 Å². The number of halogens is 1. The van der Waals surface area contributed by atoms with Crippen LogP contribution in [0.1, 0.15) is 39.0 Å². The predicted molar refractivity (Wildman–Crippen MR) is 71.2 cm³/mol. The Hall–Kier alpha value is -0.0900. The van der Waals surface area contributed by atoms with E-state index in [0.717, 1.165) is 31.3 Å². The highest BCUT2D eigenvalue weighted by Crippen LogP contribution is 2.46. The van der Waals surface area contributed by atoms with Crippen molar-refractivity contribution in [1.29, 1.82) is 0 Å². The molecule has 0 aromatic heterocycles. The molecule has 0 spiro atoms. The van der Waals surface area contributed by atoms with Gasteiger partial charge in [-0.05, 0) is 43.9 Å². The van der Waals surface area contributed by atoms with Crippen LogP contribution < -0.4 is 5.32 Å². The monoisotopic (exact) mass is 303 g/mol. The van der Waals surface area contributed by atoms with Crippen LogP contribution in [-0.4, -0.2) is 30.5 Å². The molecule has 0 atom stereocenters. The average Bonchev–Trinajstić information content (AvgIpc) is 3.04. The predicted octanol–water partition coefficient (Wildman–Crippen LogP) is 2.48. The summed E-state index contributed by atoms with van der Waals surface area (Å²) >= 11 is 3.52. The lowest BCUT2D eigenvalue weighted by Gasteiger charge is -2.34. The fraction of sp³-hybridized carbons (Fsp3) is 0.923. The largest absolute Gasteiger partial charge is 0.378 e. The molecular formula is C13H22BrNO2. The van der Waals surface area contributed by atoms with Crippen LogP contribution in [0.5, 0.6) is 0 Å². The van der Waals surface area contributed by atoms with Crippen LogP contribution in [0, 0.1) is 11.3 Å². The van der Waals surface area contributed by atoms with Gasteiger partial charge in [0.1, 0.15) is 0 Å². The molecule has 2 fully saturated rings. The Morgan fingerprint density at radius 3 is 2.71 bits per heavy atom. The fourth-order valence-electron chi connectivity index (χ4n) is 2.37. The van der Waals surface area contributed by atoms with Crippen molar-refractivity contribution < 1.29 is 9.53 Å². The topological polar surface area (TPSA) is 38.3 Å². The van der Waals surface area contributed by atoms with E-state index in [1.165, 1.54) is 12.8 Å². The molecule has 0 saturated heterocycles. The summed E-state index contributed by atoms with van der Waals surface area (Å²) in [7, 11) is 0. The Labute approximate surface area is 112 Å². The molecule has 1 N–H and O–H groups in total. The standard InChI is InChI=1S/C13H22BrNO2/c1-2-17-11-5-10(6-11)7-12(16)15-9-13(8-14)3-4-13/h10-11H,2-9H2,1H3,(H,15,16). The number of nitrogens with one attached hydrogen (secondary N) is 1. The van der Waals surface area contributed by atoms with E-state index in [2.05, 4.69) is 21.2 Å². The number of carbonyl (C=O) groups is 1. The van der Waals surface area contributed by atoms with Crippen molar-refractivity contribution in [2.75, 3.05) is 18.5 Å². The minimum absolute atomic E-state index is 0.220. The van der Waals surface area contributed by atoms with Gasteiger partial charge in [0.15, 0.2) is 0 Å². The summed E-state index contributed by atoms with van der Waals surface area (Å²) in [6.45, 7) is 3.66. The molecule has 2 saturated carbocycles. The van der Waals surface area contributed by atoms with Crippen LogP contribution in [0.2, 0.25) is 0 Å². The number of alkyl halides is 1. The summed E-state index contributed by atoms with van der Waals surface area (Å²) < 4.78 is 5.49. The van der Waals surface area contributed by atoms with Crippen LogP contribution >= 0.6 is 15.9 Å². The fourth-order valence-corrected chi connectivity index (χ4v) is 3.13. The minimum atomic E-state index is 0.220. The van der Waals surface area contributed by atoms with E-state index in [-0.39, 0.29) is 5.91 Å². The summed E-state index contributed by atoms with van der Waals surface area (Å²) in [4.78, 5) is 11.7. The number of amides is 1.